The summed E-state index contributed by atoms with van der Waals surface area (Å²) in [6, 6.07) is 11.2. The summed E-state index contributed by atoms with van der Waals surface area (Å²) in [6.07, 6.45) is 0.906. The smallest absolute Gasteiger partial charge is 0.143 e. The minimum atomic E-state index is -0.419. The molecule has 110 valence electrons. The summed E-state index contributed by atoms with van der Waals surface area (Å²) >= 11 is 1.74. The molecule has 5 heterocycles. The number of fused-ring (bicyclic) bond motifs is 2. The third-order valence-electron chi connectivity index (χ3n) is 5.70. The molecule has 4 fully saturated rings. The van der Waals surface area contributed by atoms with Gasteiger partial charge in [-0.15, -0.1) is 11.3 Å². The van der Waals surface area contributed by atoms with Crippen LogP contribution in [-0.4, -0.2) is 47.1 Å². The van der Waals surface area contributed by atoms with Crippen molar-refractivity contribution in [3.63, 3.8) is 0 Å². The zero-order chi connectivity index (χ0) is 14.0. The van der Waals surface area contributed by atoms with Crippen LogP contribution in [0.25, 0.3) is 10.1 Å². The van der Waals surface area contributed by atoms with E-state index in [1.807, 2.05) is 0 Å². The summed E-state index contributed by atoms with van der Waals surface area (Å²) in [5.74, 6) is 1.60. The third-order valence-corrected chi connectivity index (χ3v) is 6.86. The summed E-state index contributed by atoms with van der Waals surface area (Å²) in [6.45, 7) is 4.74. The zero-order valence-electron chi connectivity index (χ0n) is 12.0. The number of benzene rings is 1. The molecule has 0 spiro atoms. The van der Waals surface area contributed by atoms with Gasteiger partial charge in [0.15, 0.2) is 0 Å². The Labute approximate surface area is 128 Å². The van der Waals surface area contributed by atoms with Gasteiger partial charge in [-0.3, -0.25) is 4.90 Å². The van der Waals surface area contributed by atoms with Gasteiger partial charge in [0.1, 0.15) is 6.23 Å². The molecule has 2 aromatic rings. The summed E-state index contributed by atoms with van der Waals surface area (Å²) in [5, 5.41) is 12.2. The van der Waals surface area contributed by atoms with Crippen LogP contribution in [0.15, 0.2) is 30.3 Å². The molecule has 3 nitrogen and oxygen atoms in total. The lowest BCUT2D eigenvalue weighted by Gasteiger charge is -2.45. The van der Waals surface area contributed by atoms with Crippen molar-refractivity contribution in [2.75, 3.05) is 26.2 Å². The number of aliphatic hydroxyl groups is 1. The minimum absolute atomic E-state index is 0.419. The van der Waals surface area contributed by atoms with Gasteiger partial charge in [0.05, 0.1) is 0 Å². The largest absolute Gasteiger partial charge is 0.373 e. The van der Waals surface area contributed by atoms with Crippen LogP contribution in [-0.2, 0) is 0 Å². The highest BCUT2D eigenvalue weighted by Crippen LogP contribution is 2.45. The number of likely N-dealkylation sites (tertiary alicyclic amines) is 1. The fourth-order valence-electron chi connectivity index (χ4n) is 4.72. The highest BCUT2D eigenvalue weighted by Gasteiger charge is 2.51. The van der Waals surface area contributed by atoms with Crippen molar-refractivity contribution in [1.29, 1.82) is 0 Å². The van der Waals surface area contributed by atoms with E-state index in [0.717, 1.165) is 29.8 Å². The van der Waals surface area contributed by atoms with Gasteiger partial charge in [0, 0.05) is 35.3 Å². The molecule has 1 unspecified atom stereocenters. The van der Waals surface area contributed by atoms with E-state index in [2.05, 4.69) is 40.1 Å². The van der Waals surface area contributed by atoms with Gasteiger partial charge in [-0.25, -0.2) is 0 Å². The van der Waals surface area contributed by atoms with E-state index in [-0.39, 0.29) is 0 Å². The van der Waals surface area contributed by atoms with Crippen molar-refractivity contribution in [2.24, 2.45) is 11.8 Å². The molecule has 6 rings (SSSR count). The zero-order valence-corrected chi connectivity index (χ0v) is 12.8. The van der Waals surface area contributed by atoms with Gasteiger partial charge < -0.3 is 10.0 Å². The van der Waals surface area contributed by atoms with Crippen molar-refractivity contribution in [1.82, 2.24) is 9.80 Å². The lowest BCUT2D eigenvalue weighted by atomic mass is 9.80. The van der Waals surface area contributed by atoms with Crippen LogP contribution in [0.3, 0.4) is 0 Å². The van der Waals surface area contributed by atoms with Gasteiger partial charge in [-0.2, -0.15) is 0 Å². The number of rotatable bonds is 2. The molecule has 0 radical (unpaired) electrons. The van der Waals surface area contributed by atoms with Crippen molar-refractivity contribution in [3.8, 4) is 0 Å². The maximum Gasteiger partial charge on any atom is 0.143 e. The Kier molecular flexibility index (Phi) is 2.71. The van der Waals surface area contributed by atoms with Crippen molar-refractivity contribution in [2.45, 2.75) is 18.7 Å². The van der Waals surface area contributed by atoms with Gasteiger partial charge >= 0.3 is 0 Å². The topological polar surface area (TPSA) is 26.7 Å². The second kappa shape index (κ2) is 4.53. The number of thiophene rings is 1. The summed E-state index contributed by atoms with van der Waals surface area (Å²) < 4.78 is 1.28. The maximum absolute atomic E-state index is 10.9. The molecule has 5 atom stereocenters. The Morgan fingerprint density at radius 2 is 2.10 bits per heavy atom. The third kappa shape index (κ3) is 1.83. The molecule has 21 heavy (non-hydrogen) atoms. The normalized spacial score (nSPS) is 36.4. The molecule has 0 aliphatic carbocycles. The molecule has 0 saturated carbocycles. The predicted octanol–water partition coefficient (Wildman–Crippen LogP) is 2.53. The molecule has 4 heteroatoms. The Morgan fingerprint density at radius 1 is 1.19 bits per heavy atom. The maximum atomic E-state index is 10.9. The Bertz CT molecular complexity index is 651. The quantitative estimate of drug-likeness (QED) is 0.923. The molecule has 4 bridgehead atoms. The van der Waals surface area contributed by atoms with Crippen molar-refractivity contribution in [3.05, 3.63) is 35.2 Å². The highest BCUT2D eigenvalue weighted by atomic mass is 32.1. The van der Waals surface area contributed by atoms with Crippen molar-refractivity contribution >= 4 is 21.4 Å². The lowest BCUT2D eigenvalue weighted by molar-refractivity contribution is -0.0308. The lowest BCUT2D eigenvalue weighted by Crippen LogP contribution is -2.53. The molecule has 4 aliphatic rings. The van der Waals surface area contributed by atoms with Crippen LogP contribution >= 0.6 is 11.3 Å². The molecule has 1 aromatic carbocycles. The number of nitrogens with zero attached hydrogens (tertiary/aromatic N) is 2. The minimum Gasteiger partial charge on any atom is -0.373 e. The molecule has 1 aromatic heterocycles. The fourth-order valence-corrected chi connectivity index (χ4v) is 5.79. The SMILES string of the molecule is OC(c1cc2ccccc2s1)N1C[C@@H]2C[N@@]3CC[C@@H]2[C@@H]1C3. The molecule has 4 saturated heterocycles. The van der Waals surface area contributed by atoms with E-state index < -0.39 is 6.23 Å². The monoisotopic (exact) mass is 300 g/mol. The number of hydrogen-bond acceptors (Lipinski definition) is 4. The molecule has 1 N–H and O–H groups in total. The van der Waals surface area contributed by atoms with E-state index in [4.69, 9.17) is 0 Å². The van der Waals surface area contributed by atoms with Crippen LogP contribution in [0, 0.1) is 11.8 Å². The molecule has 4 aliphatic heterocycles. The first kappa shape index (κ1) is 12.6. The van der Waals surface area contributed by atoms with Crippen LogP contribution < -0.4 is 0 Å². The molecular weight excluding hydrogens is 280 g/mol. The van der Waals surface area contributed by atoms with E-state index in [9.17, 15) is 5.11 Å². The number of piperidine rings is 3. The first-order valence-electron chi connectivity index (χ1n) is 7.94. The van der Waals surface area contributed by atoms with Crippen molar-refractivity contribution < 1.29 is 5.11 Å². The van der Waals surface area contributed by atoms with E-state index in [0.29, 0.717) is 6.04 Å². The first-order valence-corrected chi connectivity index (χ1v) is 8.76. The first-order chi connectivity index (χ1) is 10.3. The van der Waals surface area contributed by atoms with E-state index in [1.54, 1.807) is 11.3 Å². The van der Waals surface area contributed by atoms with Gasteiger partial charge in [-0.05, 0) is 42.3 Å². The second-order valence-corrected chi connectivity index (χ2v) is 7.91. The van der Waals surface area contributed by atoms with E-state index >= 15 is 0 Å². The predicted molar refractivity (Wildman–Crippen MR) is 85.3 cm³/mol. The highest BCUT2D eigenvalue weighted by molar-refractivity contribution is 7.19. The van der Waals surface area contributed by atoms with Crippen LogP contribution in [0.5, 0.6) is 0 Å². The number of aliphatic hydroxyl groups excluding tert-OH is 1. The fraction of sp³-hybridized carbons (Fsp3) is 0.529. The van der Waals surface area contributed by atoms with Gasteiger partial charge in [-0.1, -0.05) is 18.2 Å². The Morgan fingerprint density at radius 3 is 2.90 bits per heavy atom. The van der Waals surface area contributed by atoms with Crippen LogP contribution in [0.1, 0.15) is 17.5 Å². The molecule has 0 amide bonds. The Hall–Kier alpha value is -0.940. The van der Waals surface area contributed by atoms with Crippen LogP contribution in [0.2, 0.25) is 0 Å². The summed E-state index contributed by atoms with van der Waals surface area (Å²) in [7, 11) is 0. The molecular formula is C17H20N2OS. The standard InChI is InChI=1S/C17H20N2OS/c20-17(16-7-11-3-1-2-4-15(11)21-16)19-9-12-8-18-6-5-13(12)14(19)10-18/h1-4,7,12-14,17,20H,5-6,8-10H2/t12-,13-,14-,17?/m0/s1. The van der Waals surface area contributed by atoms with Gasteiger partial charge in [0.25, 0.3) is 0 Å². The Balaban J connectivity index is 1.47. The average molecular weight is 300 g/mol. The second-order valence-electron chi connectivity index (χ2n) is 6.80. The van der Waals surface area contributed by atoms with Gasteiger partial charge in [0.2, 0.25) is 0 Å². The summed E-state index contributed by atoms with van der Waals surface area (Å²) in [5.41, 5.74) is 0. The summed E-state index contributed by atoms with van der Waals surface area (Å²) in [4.78, 5) is 6.07. The van der Waals surface area contributed by atoms with E-state index in [1.165, 1.54) is 29.6 Å². The average Bonchev–Trinajstić information content (AvgIpc) is 3.06. The number of hydrogen-bond donors (Lipinski definition) is 1. The van der Waals surface area contributed by atoms with Crippen LogP contribution in [0.4, 0.5) is 0 Å².